The van der Waals surface area contributed by atoms with Gasteiger partial charge in [-0.15, -0.1) is 0 Å². The summed E-state index contributed by atoms with van der Waals surface area (Å²) < 4.78 is 0. The standard InChI is InChI=1S/C6H9NO4/c8-5(9)3-1-4(6(10)11)7-2-3/h3-4,7H,1-2H2,(H,8,9)(H,10,11)/t3-,4?/m1/s1. The number of rotatable bonds is 2. The van der Waals surface area contributed by atoms with Gasteiger partial charge in [0.25, 0.3) is 0 Å². The minimum atomic E-state index is -0.978. The van der Waals surface area contributed by atoms with Gasteiger partial charge in [-0.3, -0.25) is 9.59 Å². The number of carboxylic acids is 2. The smallest absolute Gasteiger partial charge is 0.320 e. The summed E-state index contributed by atoms with van der Waals surface area (Å²) in [5.74, 6) is -2.45. The maximum absolute atomic E-state index is 10.3. The van der Waals surface area contributed by atoms with Gasteiger partial charge >= 0.3 is 11.9 Å². The van der Waals surface area contributed by atoms with Gasteiger partial charge in [0.15, 0.2) is 0 Å². The number of carboxylic acid groups (broad SMARTS) is 2. The zero-order valence-corrected chi connectivity index (χ0v) is 5.78. The zero-order chi connectivity index (χ0) is 8.43. The Balaban J connectivity index is 2.47. The summed E-state index contributed by atoms with van der Waals surface area (Å²) in [6, 6.07) is -0.684. The second-order valence-electron chi connectivity index (χ2n) is 2.57. The first-order valence-corrected chi connectivity index (χ1v) is 3.30. The summed E-state index contributed by atoms with van der Waals surface area (Å²) in [7, 11) is 0. The third-order valence-electron chi connectivity index (χ3n) is 1.78. The van der Waals surface area contributed by atoms with Crippen LogP contribution in [0.1, 0.15) is 6.42 Å². The SMILES string of the molecule is O=C(O)C1C[C@@H](C(=O)O)CN1. The molecule has 0 saturated carbocycles. The van der Waals surface area contributed by atoms with Crippen molar-refractivity contribution in [2.45, 2.75) is 12.5 Å². The van der Waals surface area contributed by atoms with Crippen molar-refractivity contribution in [3.05, 3.63) is 0 Å². The number of hydrogen-bond donors (Lipinski definition) is 3. The van der Waals surface area contributed by atoms with E-state index in [-0.39, 0.29) is 13.0 Å². The normalized spacial score (nSPS) is 30.2. The summed E-state index contributed by atoms with van der Waals surface area (Å²) in [5, 5.41) is 19.5. The lowest BCUT2D eigenvalue weighted by Gasteiger charge is -2.00. The molecule has 62 valence electrons. The summed E-state index contributed by atoms with van der Waals surface area (Å²) >= 11 is 0. The van der Waals surface area contributed by atoms with Gasteiger partial charge < -0.3 is 15.5 Å². The van der Waals surface area contributed by atoms with Crippen LogP contribution in [0.25, 0.3) is 0 Å². The highest BCUT2D eigenvalue weighted by Gasteiger charge is 2.32. The van der Waals surface area contributed by atoms with E-state index in [2.05, 4.69) is 5.32 Å². The van der Waals surface area contributed by atoms with Gasteiger partial charge in [0.1, 0.15) is 6.04 Å². The molecule has 0 aliphatic carbocycles. The van der Waals surface area contributed by atoms with Crippen LogP contribution in [0.5, 0.6) is 0 Å². The van der Waals surface area contributed by atoms with Crippen LogP contribution >= 0.6 is 0 Å². The fourth-order valence-electron chi connectivity index (χ4n) is 1.11. The van der Waals surface area contributed by atoms with Crippen LogP contribution in [0, 0.1) is 5.92 Å². The largest absolute Gasteiger partial charge is 0.481 e. The van der Waals surface area contributed by atoms with E-state index < -0.39 is 23.9 Å². The van der Waals surface area contributed by atoms with Crippen molar-refractivity contribution in [3.8, 4) is 0 Å². The molecule has 5 nitrogen and oxygen atoms in total. The Morgan fingerprint density at radius 2 is 1.91 bits per heavy atom. The lowest BCUT2D eigenvalue weighted by Crippen LogP contribution is -2.29. The molecule has 11 heavy (non-hydrogen) atoms. The van der Waals surface area contributed by atoms with Gasteiger partial charge in [0, 0.05) is 6.54 Å². The molecule has 1 heterocycles. The Labute approximate surface area is 63.0 Å². The average molecular weight is 159 g/mol. The minimum Gasteiger partial charge on any atom is -0.481 e. The van der Waals surface area contributed by atoms with Crippen LogP contribution in [0.2, 0.25) is 0 Å². The first kappa shape index (κ1) is 8.00. The van der Waals surface area contributed by atoms with E-state index in [0.717, 1.165) is 0 Å². The summed E-state index contributed by atoms with van der Waals surface area (Å²) in [6.07, 6.45) is 0.185. The average Bonchev–Trinajstić information content (AvgIpc) is 2.33. The van der Waals surface area contributed by atoms with Crippen molar-refractivity contribution < 1.29 is 19.8 Å². The predicted octanol–water partition coefficient (Wildman–Crippen LogP) is -0.866. The van der Waals surface area contributed by atoms with Crippen LogP contribution < -0.4 is 5.32 Å². The van der Waals surface area contributed by atoms with Crippen molar-refractivity contribution in [3.63, 3.8) is 0 Å². The molecular weight excluding hydrogens is 150 g/mol. The van der Waals surface area contributed by atoms with Gasteiger partial charge in [0.05, 0.1) is 5.92 Å². The zero-order valence-electron chi connectivity index (χ0n) is 5.78. The first-order valence-electron chi connectivity index (χ1n) is 3.30. The van der Waals surface area contributed by atoms with E-state index in [9.17, 15) is 9.59 Å². The third kappa shape index (κ3) is 1.68. The summed E-state index contributed by atoms with van der Waals surface area (Å²) in [5.41, 5.74) is 0. The molecule has 1 fully saturated rings. The molecule has 0 aromatic heterocycles. The van der Waals surface area contributed by atoms with E-state index in [1.165, 1.54) is 0 Å². The predicted molar refractivity (Wildman–Crippen MR) is 35.2 cm³/mol. The monoisotopic (exact) mass is 159 g/mol. The van der Waals surface area contributed by atoms with Crippen molar-refractivity contribution in [2.24, 2.45) is 5.92 Å². The third-order valence-corrected chi connectivity index (χ3v) is 1.78. The molecule has 0 bridgehead atoms. The van der Waals surface area contributed by atoms with Crippen LogP contribution in [-0.2, 0) is 9.59 Å². The molecule has 3 N–H and O–H groups in total. The lowest BCUT2D eigenvalue weighted by atomic mass is 10.1. The molecule has 1 unspecified atom stereocenters. The molecule has 0 spiro atoms. The molecule has 1 saturated heterocycles. The fourth-order valence-corrected chi connectivity index (χ4v) is 1.11. The van der Waals surface area contributed by atoms with Gasteiger partial charge in [-0.05, 0) is 6.42 Å². The number of aliphatic carboxylic acids is 2. The van der Waals surface area contributed by atoms with Gasteiger partial charge in [-0.1, -0.05) is 0 Å². The molecule has 1 aliphatic heterocycles. The molecule has 1 aliphatic rings. The Bertz CT molecular complexity index is 171. The van der Waals surface area contributed by atoms with Gasteiger partial charge in [-0.25, -0.2) is 0 Å². The van der Waals surface area contributed by atoms with Crippen molar-refractivity contribution in [2.75, 3.05) is 6.54 Å². The van der Waals surface area contributed by atoms with E-state index in [1.807, 2.05) is 0 Å². The van der Waals surface area contributed by atoms with Gasteiger partial charge in [-0.2, -0.15) is 0 Å². The molecule has 0 aromatic carbocycles. The Kier molecular flexibility index (Phi) is 2.09. The Morgan fingerprint density at radius 3 is 2.18 bits per heavy atom. The second-order valence-corrected chi connectivity index (χ2v) is 2.57. The fraction of sp³-hybridized carbons (Fsp3) is 0.667. The van der Waals surface area contributed by atoms with E-state index in [0.29, 0.717) is 0 Å². The number of hydrogen-bond acceptors (Lipinski definition) is 3. The Hall–Kier alpha value is -1.10. The Morgan fingerprint density at radius 1 is 1.27 bits per heavy atom. The molecule has 1 rings (SSSR count). The van der Waals surface area contributed by atoms with E-state index >= 15 is 0 Å². The molecule has 2 atom stereocenters. The number of carbonyl (C=O) groups is 2. The van der Waals surface area contributed by atoms with Crippen molar-refractivity contribution >= 4 is 11.9 Å². The first-order chi connectivity index (χ1) is 5.11. The molecule has 0 amide bonds. The molecule has 0 radical (unpaired) electrons. The molecular formula is C6H9NO4. The topological polar surface area (TPSA) is 86.6 Å². The number of nitrogens with one attached hydrogen (secondary N) is 1. The van der Waals surface area contributed by atoms with E-state index in [1.54, 1.807) is 0 Å². The maximum atomic E-state index is 10.3. The van der Waals surface area contributed by atoms with Crippen LogP contribution in [0.3, 0.4) is 0 Å². The van der Waals surface area contributed by atoms with Crippen LogP contribution in [0.4, 0.5) is 0 Å². The summed E-state index contributed by atoms with van der Waals surface area (Å²) in [6.45, 7) is 0.256. The minimum absolute atomic E-state index is 0.185. The second kappa shape index (κ2) is 2.87. The highest BCUT2D eigenvalue weighted by atomic mass is 16.4. The van der Waals surface area contributed by atoms with E-state index in [4.69, 9.17) is 10.2 Å². The summed E-state index contributed by atoms with van der Waals surface area (Å²) in [4.78, 5) is 20.7. The lowest BCUT2D eigenvalue weighted by molar-refractivity contribution is -0.141. The molecule has 0 aromatic rings. The van der Waals surface area contributed by atoms with Gasteiger partial charge in [0.2, 0.25) is 0 Å². The van der Waals surface area contributed by atoms with Crippen LogP contribution in [0.15, 0.2) is 0 Å². The molecule has 5 heteroatoms. The van der Waals surface area contributed by atoms with Crippen molar-refractivity contribution in [1.82, 2.24) is 5.32 Å². The quantitative estimate of drug-likeness (QED) is 0.487. The highest BCUT2D eigenvalue weighted by molar-refractivity contribution is 5.77. The van der Waals surface area contributed by atoms with Crippen molar-refractivity contribution in [1.29, 1.82) is 0 Å². The highest BCUT2D eigenvalue weighted by Crippen LogP contribution is 2.13. The maximum Gasteiger partial charge on any atom is 0.320 e. The van der Waals surface area contributed by atoms with Crippen LogP contribution in [-0.4, -0.2) is 34.7 Å².